The molecule has 14 heavy (non-hydrogen) atoms. The predicted octanol–water partition coefficient (Wildman–Crippen LogP) is 3.42. The van der Waals surface area contributed by atoms with Crippen LogP contribution in [0.15, 0.2) is 30.1 Å². The van der Waals surface area contributed by atoms with Gasteiger partial charge in [0.2, 0.25) is 0 Å². The molecule has 0 fully saturated rings. The second-order valence-electron chi connectivity index (χ2n) is 2.74. The molecule has 0 aliphatic heterocycles. The van der Waals surface area contributed by atoms with Gasteiger partial charge in [0.25, 0.3) is 0 Å². The van der Waals surface area contributed by atoms with Gasteiger partial charge < -0.3 is 5.73 Å². The molecular formula is C10H12Cl2FN. The number of allylic oxidation sites excluding steroid dienone is 1. The Morgan fingerprint density at radius 1 is 1.50 bits per heavy atom. The van der Waals surface area contributed by atoms with Crippen LogP contribution in [0, 0.1) is 0 Å². The first-order valence-electron chi connectivity index (χ1n) is 3.96. The molecule has 0 heterocycles. The van der Waals surface area contributed by atoms with Crippen molar-refractivity contribution in [1.29, 1.82) is 0 Å². The van der Waals surface area contributed by atoms with E-state index in [1.807, 2.05) is 0 Å². The average Bonchev–Trinajstić information content (AvgIpc) is 2.15. The molecule has 2 N–H and O–H groups in total. The third kappa shape index (κ3) is 3.29. The Morgan fingerprint density at radius 2 is 2.14 bits per heavy atom. The van der Waals surface area contributed by atoms with Crippen LogP contribution in [0.3, 0.4) is 0 Å². The first-order chi connectivity index (χ1) is 6.15. The lowest BCUT2D eigenvalue weighted by Crippen LogP contribution is -2.00. The third-order valence-corrected chi connectivity index (χ3v) is 2.08. The normalized spacial score (nSPS) is 11.7. The third-order valence-electron chi connectivity index (χ3n) is 1.84. The van der Waals surface area contributed by atoms with E-state index in [2.05, 4.69) is 0 Å². The van der Waals surface area contributed by atoms with Crippen LogP contribution in [0.2, 0.25) is 5.02 Å². The van der Waals surface area contributed by atoms with Gasteiger partial charge in [-0.05, 0) is 30.2 Å². The summed E-state index contributed by atoms with van der Waals surface area (Å²) in [6.07, 6.45) is 0. The van der Waals surface area contributed by atoms with Gasteiger partial charge in [-0.15, -0.1) is 12.4 Å². The molecule has 0 saturated heterocycles. The molecule has 1 aromatic rings. The van der Waals surface area contributed by atoms with E-state index in [0.29, 0.717) is 10.6 Å². The minimum atomic E-state index is -0.303. The molecule has 0 radical (unpaired) electrons. The number of hydrogen-bond acceptors (Lipinski definition) is 1. The summed E-state index contributed by atoms with van der Waals surface area (Å²) >= 11 is 5.76. The van der Waals surface area contributed by atoms with Crippen LogP contribution in [0.25, 0.3) is 5.57 Å². The van der Waals surface area contributed by atoms with Crippen LogP contribution < -0.4 is 5.73 Å². The first-order valence-corrected chi connectivity index (χ1v) is 4.34. The van der Waals surface area contributed by atoms with Gasteiger partial charge >= 0.3 is 0 Å². The summed E-state index contributed by atoms with van der Waals surface area (Å²) in [5, 5.41) is 0.599. The monoisotopic (exact) mass is 235 g/mol. The topological polar surface area (TPSA) is 26.0 Å². The summed E-state index contributed by atoms with van der Waals surface area (Å²) in [7, 11) is 0. The van der Waals surface area contributed by atoms with Crippen molar-refractivity contribution in [2.75, 3.05) is 6.54 Å². The Labute approximate surface area is 94.2 Å². The molecule has 0 saturated carbocycles. The Morgan fingerprint density at radius 3 is 2.64 bits per heavy atom. The van der Waals surface area contributed by atoms with E-state index < -0.39 is 0 Å². The summed E-state index contributed by atoms with van der Waals surface area (Å²) < 4.78 is 13.1. The Balaban J connectivity index is 0.00000169. The fraction of sp³-hybridized carbons (Fsp3) is 0.200. The molecule has 1 nitrogen and oxygen atoms in total. The number of rotatable bonds is 2. The fourth-order valence-corrected chi connectivity index (χ4v) is 1.22. The average molecular weight is 236 g/mol. The van der Waals surface area contributed by atoms with E-state index in [1.165, 1.54) is 0 Å². The van der Waals surface area contributed by atoms with Crippen molar-refractivity contribution in [2.45, 2.75) is 6.92 Å². The van der Waals surface area contributed by atoms with Crippen molar-refractivity contribution in [2.24, 2.45) is 5.73 Å². The van der Waals surface area contributed by atoms with Gasteiger partial charge in [-0.2, -0.15) is 0 Å². The molecule has 0 aromatic heterocycles. The molecule has 0 amide bonds. The Bertz CT molecular complexity index is 337. The minimum Gasteiger partial charge on any atom is -0.325 e. The maximum absolute atomic E-state index is 13.1. The maximum atomic E-state index is 13.1. The maximum Gasteiger partial charge on any atom is 0.117 e. The lowest BCUT2D eigenvalue weighted by atomic mass is 10.1. The van der Waals surface area contributed by atoms with Gasteiger partial charge in [-0.3, -0.25) is 0 Å². The van der Waals surface area contributed by atoms with Crippen molar-refractivity contribution >= 4 is 29.6 Å². The van der Waals surface area contributed by atoms with Gasteiger partial charge in [0.15, 0.2) is 0 Å². The van der Waals surface area contributed by atoms with Crippen molar-refractivity contribution in [1.82, 2.24) is 0 Å². The van der Waals surface area contributed by atoms with E-state index in [-0.39, 0.29) is 24.8 Å². The zero-order valence-corrected chi connectivity index (χ0v) is 9.33. The van der Waals surface area contributed by atoms with Crippen molar-refractivity contribution in [3.8, 4) is 0 Å². The van der Waals surface area contributed by atoms with E-state index in [4.69, 9.17) is 17.3 Å². The molecule has 78 valence electrons. The first kappa shape index (κ1) is 13.4. The highest BCUT2D eigenvalue weighted by Gasteiger charge is 2.02. The molecule has 0 bridgehead atoms. The van der Waals surface area contributed by atoms with Crippen molar-refractivity contribution < 1.29 is 4.39 Å². The SMILES string of the molecule is C/C(=C(\F)CN)c1cccc(Cl)c1.Cl. The second kappa shape index (κ2) is 6.02. The lowest BCUT2D eigenvalue weighted by molar-refractivity contribution is 0.621. The molecule has 0 spiro atoms. The second-order valence-corrected chi connectivity index (χ2v) is 3.18. The Hall–Kier alpha value is -0.570. The number of halogens is 3. The summed E-state index contributed by atoms with van der Waals surface area (Å²) in [6, 6.07) is 7.05. The molecule has 0 atom stereocenters. The zero-order chi connectivity index (χ0) is 9.84. The molecule has 1 aromatic carbocycles. The highest BCUT2D eigenvalue weighted by Crippen LogP contribution is 2.21. The van der Waals surface area contributed by atoms with E-state index in [0.717, 1.165) is 5.56 Å². The van der Waals surface area contributed by atoms with Crippen LogP contribution in [-0.4, -0.2) is 6.54 Å². The lowest BCUT2D eigenvalue weighted by Gasteiger charge is -2.03. The molecule has 0 aliphatic carbocycles. The standard InChI is InChI=1S/C10H11ClFN.ClH/c1-7(10(12)6-13)8-3-2-4-9(11)5-8;/h2-5H,6,13H2,1H3;1H/b10-7+;. The van der Waals surface area contributed by atoms with Crippen LogP contribution >= 0.6 is 24.0 Å². The highest BCUT2D eigenvalue weighted by molar-refractivity contribution is 6.30. The quantitative estimate of drug-likeness (QED) is 0.836. The number of nitrogens with two attached hydrogens (primary N) is 1. The van der Waals surface area contributed by atoms with E-state index in [9.17, 15) is 4.39 Å². The molecule has 1 rings (SSSR count). The molecule has 0 aliphatic rings. The molecular weight excluding hydrogens is 224 g/mol. The van der Waals surface area contributed by atoms with Crippen LogP contribution in [0.4, 0.5) is 4.39 Å². The van der Waals surface area contributed by atoms with Gasteiger partial charge in [-0.1, -0.05) is 23.7 Å². The van der Waals surface area contributed by atoms with Crippen molar-refractivity contribution in [3.63, 3.8) is 0 Å². The van der Waals surface area contributed by atoms with Gasteiger partial charge in [0.1, 0.15) is 5.83 Å². The smallest absolute Gasteiger partial charge is 0.117 e. The number of benzene rings is 1. The van der Waals surface area contributed by atoms with Crippen LogP contribution in [0.5, 0.6) is 0 Å². The Kier molecular flexibility index (Phi) is 5.77. The highest BCUT2D eigenvalue weighted by atomic mass is 35.5. The summed E-state index contributed by atoms with van der Waals surface area (Å²) in [5.74, 6) is -0.303. The van der Waals surface area contributed by atoms with Gasteiger partial charge in [-0.25, -0.2) is 4.39 Å². The predicted molar refractivity (Wildman–Crippen MR) is 61.5 cm³/mol. The van der Waals surface area contributed by atoms with Crippen LogP contribution in [0.1, 0.15) is 12.5 Å². The largest absolute Gasteiger partial charge is 0.325 e. The van der Waals surface area contributed by atoms with E-state index >= 15 is 0 Å². The van der Waals surface area contributed by atoms with E-state index in [1.54, 1.807) is 31.2 Å². The molecule has 0 unspecified atom stereocenters. The summed E-state index contributed by atoms with van der Waals surface area (Å²) in [4.78, 5) is 0. The van der Waals surface area contributed by atoms with Crippen LogP contribution in [-0.2, 0) is 0 Å². The zero-order valence-electron chi connectivity index (χ0n) is 7.76. The van der Waals surface area contributed by atoms with Gasteiger partial charge in [0, 0.05) is 11.6 Å². The minimum absolute atomic E-state index is 0. The summed E-state index contributed by atoms with van der Waals surface area (Å²) in [6.45, 7) is 1.62. The molecule has 4 heteroatoms. The van der Waals surface area contributed by atoms with Crippen molar-refractivity contribution in [3.05, 3.63) is 40.7 Å². The van der Waals surface area contributed by atoms with Gasteiger partial charge in [0.05, 0.1) is 0 Å². The summed E-state index contributed by atoms with van der Waals surface area (Å²) in [5.41, 5.74) is 6.50. The number of hydrogen-bond donors (Lipinski definition) is 1. The fourth-order valence-electron chi connectivity index (χ4n) is 1.03.